The molecule has 2 aromatic carbocycles. The largest absolute Gasteiger partial charge is 0.323 e. The van der Waals surface area contributed by atoms with E-state index in [0.29, 0.717) is 33.3 Å². The summed E-state index contributed by atoms with van der Waals surface area (Å²) < 4.78 is 1.60. The van der Waals surface area contributed by atoms with Crippen molar-refractivity contribution in [2.24, 2.45) is 0 Å². The predicted molar refractivity (Wildman–Crippen MR) is 117 cm³/mol. The van der Waals surface area contributed by atoms with E-state index in [1.807, 2.05) is 19.1 Å². The highest BCUT2D eigenvalue weighted by Crippen LogP contribution is 2.33. The summed E-state index contributed by atoms with van der Waals surface area (Å²) in [6.45, 7) is 2.50. The summed E-state index contributed by atoms with van der Waals surface area (Å²) in [6, 6.07) is 10.2. The number of fused-ring (bicyclic) bond motifs is 1. The third-order valence-electron chi connectivity index (χ3n) is 3.88. The number of hydrogen-bond acceptors (Lipinski definition) is 4. The number of nitrogens with one attached hydrogen (secondary N) is 1. The number of nitrogens with zero attached hydrogens (tertiary/aromatic N) is 2. The fraction of sp³-hybridized carbons (Fsp3) is 0.211. The first-order valence-corrected chi connectivity index (χ1v) is 10.6. The van der Waals surface area contributed by atoms with Gasteiger partial charge < -0.3 is 5.32 Å². The van der Waals surface area contributed by atoms with Gasteiger partial charge in [0.25, 0.3) is 5.56 Å². The van der Waals surface area contributed by atoms with Gasteiger partial charge in [-0.1, -0.05) is 65.6 Å². The van der Waals surface area contributed by atoms with Crippen LogP contribution in [0.4, 0.5) is 5.69 Å². The molecule has 9 heteroatoms. The van der Waals surface area contributed by atoms with E-state index >= 15 is 0 Å². The molecule has 0 unspecified atom stereocenters. The number of para-hydroxylation sites is 1. The van der Waals surface area contributed by atoms with E-state index < -0.39 is 0 Å². The molecule has 28 heavy (non-hydrogen) atoms. The molecule has 1 heterocycles. The van der Waals surface area contributed by atoms with Crippen molar-refractivity contribution < 1.29 is 4.79 Å². The molecule has 0 aliphatic rings. The van der Waals surface area contributed by atoms with E-state index in [2.05, 4.69) is 10.3 Å². The van der Waals surface area contributed by atoms with Crippen molar-refractivity contribution in [1.29, 1.82) is 0 Å². The van der Waals surface area contributed by atoms with Crippen molar-refractivity contribution in [1.82, 2.24) is 9.55 Å². The zero-order valence-electron chi connectivity index (χ0n) is 14.8. The summed E-state index contributed by atoms with van der Waals surface area (Å²) in [4.78, 5) is 29.7. The maximum Gasteiger partial charge on any atom is 0.262 e. The highest BCUT2D eigenvalue weighted by molar-refractivity contribution is 7.99. The minimum absolute atomic E-state index is 0.0454. The smallest absolute Gasteiger partial charge is 0.262 e. The van der Waals surface area contributed by atoms with Gasteiger partial charge in [0.2, 0.25) is 5.91 Å². The molecule has 0 fully saturated rings. The number of benzene rings is 2. The Morgan fingerprint density at radius 3 is 2.54 bits per heavy atom. The highest BCUT2D eigenvalue weighted by Gasteiger charge is 2.15. The maximum atomic E-state index is 12.8. The standard InChI is InChI=1S/C19H16Cl3N3O2S/c1-2-7-25-18(27)12-5-3-4-6-15(12)23-19(25)28-10-16(26)24-17-13(21)8-11(20)9-14(17)22/h3-6,8-9H,2,7,10H2,1H3,(H,24,26). The number of halogens is 3. The lowest BCUT2D eigenvalue weighted by molar-refractivity contribution is -0.113. The number of carbonyl (C=O) groups excluding carboxylic acids is 1. The summed E-state index contributed by atoms with van der Waals surface area (Å²) >= 11 is 19.3. The maximum absolute atomic E-state index is 12.8. The Balaban J connectivity index is 1.82. The van der Waals surface area contributed by atoms with Crippen molar-refractivity contribution in [3.05, 3.63) is 61.8 Å². The summed E-state index contributed by atoms with van der Waals surface area (Å²) in [5.74, 6) is -0.273. The summed E-state index contributed by atoms with van der Waals surface area (Å²) in [5, 5.41) is 4.62. The Bertz CT molecular complexity index is 1080. The van der Waals surface area contributed by atoms with Gasteiger partial charge >= 0.3 is 0 Å². The zero-order chi connectivity index (χ0) is 20.3. The lowest BCUT2D eigenvalue weighted by atomic mass is 10.2. The van der Waals surface area contributed by atoms with Crippen LogP contribution in [0.25, 0.3) is 10.9 Å². The molecule has 1 aromatic heterocycles. The van der Waals surface area contributed by atoms with Crippen LogP contribution in [0.15, 0.2) is 46.3 Å². The van der Waals surface area contributed by atoms with Crippen LogP contribution in [0.1, 0.15) is 13.3 Å². The lowest BCUT2D eigenvalue weighted by Gasteiger charge is -2.13. The van der Waals surface area contributed by atoms with Crippen LogP contribution in [-0.2, 0) is 11.3 Å². The van der Waals surface area contributed by atoms with Gasteiger partial charge in [-0.25, -0.2) is 4.98 Å². The topological polar surface area (TPSA) is 64.0 Å². The molecule has 0 aliphatic carbocycles. The molecular formula is C19H16Cl3N3O2S. The SMILES string of the molecule is CCCn1c(SCC(=O)Nc2c(Cl)cc(Cl)cc2Cl)nc2ccccc2c1=O. The fourth-order valence-corrected chi connectivity index (χ4v) is 4.38. The van der Waals surface area contributed by atoms with E-state index in [1.165, 1.54) is 23.9 Å². The monoisotopic (exact) mass is 455 g/mol. The number of amides is 1. The molecule has 146 valence electrons. The third-order valence-corrected chi connectivity index (χ3v) is 5.67. The molecule has 1 N–H and O–H groups in total. The van der Waals surface area contributed by atoms with Crippen LogP contribution in [0.2, 0.25) is 15.1 Å². The van der Waals surface area contributed by atoms with Gasteiger partial charge in [0.05, 0.1) is 32.4 Å². The van der Waals surface area contributed by atoms with Crippen molar-refractivity contribution in [3.63, 3.8) is 0 Å². The molecule has 1 amide bonds. The number of carbonyl (C=O) groups is 1. The summed E-state index contributed by atoms with van der Waals surface area (Å²) in [6.07, 6.45) is 0.773. The van der Waals surface area contributed by atoms with Crippen LogP contribution in [0.5, 0.6) is 0 Å². The second kappa shape index (κ2) is 9.18. The van der Waals surface area contributed by atoms with Gasteiger partial charge in [-0.3, -0.25) is 14.2 Å². The third kappa shape index (κ3) is 4.63. The molecule has 5 nitrogen and oxygen atoms in total. The quantitative estimate of drug-likeness (QED) is 0.393. The van der Waals surface area contributed by atoms with Crippen molar-refractivity contribution in [3.8, 4) is 0 Å². The van der Waals surface area contributed by atoms with Crippen LogP contribution in [-0.4, -0.2) is 21.2 Å². The average molecular weight is 457 g/mol. The number of thioether (sulfide) groups is 1. The molecule has 3 aromatic rings. The van der Waals surface area contributed by atoms with Gasteiger partial charge in [-0.15, -0.1) is 0 Å². The van der Waals surface area contributed by atoms with E-state index in [4.69, 9.17) is 34.8 Å². The Hall–Kier alpha value is -1.73. The van der Waals surface area contributed by atoms with Gasteiger partial charge in [0.15, 0.2) is 5.16 Å². The average Bonchev–Trinajstić information content (AvgIpc) is 2.65. The van der Waals surface area contributed by atoms with Crippen LogP contribution < -0.4 is 10.9 Å². The van der Waals surface area contributed by atoms with Crippen LogP contribution >= 0.6 is 46.6 Å². The van der Waals surface area contributed by atoms with E-state index in [0.717, 1.165) is 6.42 Å². The normalized spacial score (nSPS) is 11.0. The minimum Gasteiger partial charge on any atom is -0.323 e. The molecule has 0 aliphatic heterocycles. The highest BCUT2D eigenvalue weighted by atomic mass is 35.5. The second-order valence-electron chi connectivity index (χ2n) is 5.95. The molecule has 0 saturated carbocycles. The molecule has 0 atom stereocenters. The summed E-state index contributed by atoms with van der Waals surface area (Å²) in [5.41, 5.74) is 0.793. The van der Waals surface area contributed by atoms with Crippen molar-refractivity contribution in [2.75, 3.05) is 11.1 Å². The van der Waals surface area contributed by atoms with Crippen LogP contribution in [0, 0.1) is 0 Å². The molecule has 3 rings (SSSR count). The summed E-state index contributed by atoms with van der Waals surface area (Å²) in [7, 11) is 0. The van der Waals surface area contributed by atoms with Gasteiger partial charge in [-0.2, -0.15) is 0 Å². The lowest BCUT2D eigenvalue weighted by Crippen LogP contribution is -2.24. The Kier molecular flexibility index (Phi) is 6.88. The first-order chi connectivity index (χ1) is 13.4. The number of hydrogen-bond donors (Lipinski definition) is 1. The van der Waals surface area contributed by atoms with E-state index in [-0.39, 0.29) is 27.3 Å². The Morgan fingerprint density at radius 1 is 1.18 bits per heavy atom. The molecular weight excluding hydrogens is 441 g/mol. The fourth-order valence-electron chi connectivity index (χ4n) is 2.65. The Morgan fingerprint density at radius 2 is 1.86 bits per heavy atom. The predicted octanol–water partition coefficient (Wildman–Crippen LogP) is 5.50. The second-order valence-corrected chi connectivity index (χ2v) is 8.14. The van der Waals surface area contributed by atoms with Gasteiger partial charge in [0.1, 0.15) is 0 Å². The zero-order valence-corrected chi connectivity index (χ0v) is 17.9. The van der Waals surface area contributed by atoms with Crippen molar-refractivity contribution >= 4 is 69.1 Å². The van der Waals surface area contributed by atoms with Crippen molar-refractivity contribution in [2.45, 2.75) is 25.0 Å². The van der Waals surface area contributed by atoms with Gasteiger partial charge in [-0.05, 0) is 30.7 Å². The molecule has 0 saturated heterocycles. The number of aromatic nitrogens is 2. The number of anilines is 1. The molecule has 0 radical (unpaired) electrons. The minimum atomic E-state index is -0.318. The number of rotatable bonds is 6. The Labute approximate surface area is 181 Å². The van der Waals surface area contributed by atoms with E-state index in [1.54, 1.807) is 16.7 Å². The molecule has 0 bridgehead atoms. The first kappa shape index (κ1) is 21.0. The first-order valence-electron chi connectivity index (χ1n) is 8.47. The van der Waals surface area contributed by atoms with Crippen LogP contribution in [0.3, 0.4) is 0 Å². The van der Waals surface area contributed by atoms with Gasteiger partial charge in [0, 0.05) is 11.6 Å². The molecule has 0 spiro atoms. The van der Waals surface area contributed by atoms with E-state index in [9.17, 15) is 9.59 Å².